The van der Waals surface area contributed by atoms with Gasteiger partial charge in [0.15, 0.2) is 18.9 Å². The molecule has 10 unspecified atom stereocenters. The van der Waals surface area contributed by atoms with Gasteiger partial charge in [0.2, 0.25) is 0 Å². The van der Waals surface area contributed by atoms with Crippen molar-refractivity contribution < 1.29 is 52.9 Å². The summed E-state index contributed by atoms with van der Waals surface area (Å²) >= 11 is 0. The fraction of sp³-hybridized carbons (Fsp3) is 0.587. The van der Waals surface area contributed by atoms with E-state index >= 15 is 0 Å². The zero-order chi connectivity index (χ0) is 84.5. The lowest BCUT2D eigenvalue weighted by Crippen LogP contribution is -2.40. The molecule has 3 saturated carbocycles. The summed E-state index contributed by atoms with van der Waals surface area (Å²) in [5.41, 5.74) is 9.57. The van der Waals surface area contributed by atoms with Crippen molar-refractivity contribution in [2.75, 3.05) is 13.2 Å². The van der Waals surface area contributed by atoms with Gasteiger partial charge in [-0.05, 0) is 321 Å². The first-order valence-corrected chi connectivity index (χ1v) is 44.7. The monoisotopic (exact) mass is 1580 g/mol. The van der Waals surface area contributed by atoms with E-state index in [0.29, 0.717) is 77.8 Å². The van der Waals surface area contributed by atoms with E-state index < -0.39 is 0 Å². The van der Waals surface area contributed by atoms with Crippen molar-refractivity contribution in [2.45, 2.75) is 359 Å². The van der Waals surface area contributed by atoms with E-state index in [1.807, 2.05) is 91.8 Å². The van der Waals surface area contributed by atoms with E-state index in [1.165, 1.54) is 103 Å². The van der Waals surface area contributed by atoms with Crippen molar-refractivity contribution in [3.63, 3.8) is 0 Å². The van der Waals surface area contributed by atoms with E-state index in [2.05, 4.69) is 212 Å². The number of phenols is 2. The second-order valence-electron chi connectivity index (χ2n) is 34.7. The minimum atomic E-state index is -0.347. The fourth-order valence-electron chi connectivity index (χ4n) is 15.1. The van der Waals surface area contributed by atoms with Gasteiger partial charge in [0, 0.05) is 0 Å². The highest BCUT2D eigenvalue weighted by atomic mass is 16.7. The Morgan fingerprint density at radius 1 is 0.357 bits per heavy atom. The number of rotatable bonds is 32. The average molecular weight is 1580 g/mol. The van der Waals surface area contributed by atoms with Crippen molar-refractivity contribution in [1.29, 1.82) is 0 Å². The zero-order valence-corrected chi connectivity index (χ0v) is 75.5. The summed E-state index contributed by atoms with van der Waals surface area (Å²) in [6.45, 7) is 48.2. The first-order chi connectivity index (χ1) is 54.9. The van der Waals surface area contributed by atoms with E-state index in [0.717, 1.165) is 105 Å². The molecule has 10 rings (SSSR count). The van der Waals surface area contributed by atoms with Gasteiger partial charge in [0.05, 0.1) is 24.7 Å². The molecule has 0 aromatic heterocycles. The van der Waals surface area contributed by atoms with Crippen LogP contribution in [-0.4, -0.2) is 66.1 Å². The van der Waals surface area contributed by atoms with Gasteiger partial charge in [-0.2, -0.15) is 0 Å². The predicted molar refractivity (Wildman–Crippen MR) is 481 cm³/mol. The third-order valence-electron chi connectivity index (χ3n) is 24.5. The minimum Gasteiger partial charge on any atom is -0.508 e. The zero-order valence-electron chi connectivity index (χ0n) is 75.5. The first kappa shape index (κ1) is 98.3. The van der Waals surface area contributed by atoms with E-state index in [1.54, 1.807) is 24.3 Å². The summed E-state index contributed by atoms with van der Waals surface area (Å²) in [4.78, 5) is 11.2. The summed E-state index contributed by atoms with van der Waals surface area (Å²) in [6.07, 6.45) is 23.9. The van der Waals surface area contributed by atoms with Crippen LogP contribution >= 0.6 is 0 Å². The molecular formula is C104H156O11. The molecule has 638 valence electrons. The van der Waals surface area contributed by atoms with E-state index in [-0.39, 0.29) is 36.4 Å². The molecule has 3 fully saturated rings. The summed E-state index contributed by atoms with van der Waals surface area (Å²) in [7, 11) is 0. The largest absolute Gasteiger partial charge is 0.508 e. The highest BCUT2D eigenvalue weighted by molar-refractivity contribution is 5.72. The molecule has 0 aliphatic heterocycles. The summed E-state index contributed by atoms with van der Waals surface area (Å²) in [5.74, 6) is 10.0. The van der Waals surface area contributed by atoms with Crippen LogP contribution in [0.3, 0.4) is 0 Å². The van der Waals surface area contributed by atoms with Crippen LogP contribution in [0, 0.1) is 23.2 Å². The molecule has 3 aliphatic rings. The molecule has 11 heteroatoms. The first-order valence-electron chi connectivity index (χ1n) is 44.7. The number of hydrogen-bond donors (Lipinski definition) is 2. The van der Waals surface area contributed by atoms with Gasteiger partial charge in [0.1, 0.15) is 46.7 Å². The maximum atomic E-state index is 11.2. The second kappa shape index (κ2) is 52.5. The smallest absolute Gasteiger partial charge is 0.309 e. The SMILES string of the molecule is CCC(C)C(=O)OC(C)(C)C.CCC(C)c1ccc(O)cc1.CCC(C)c1ccc(O)cc1.CCC(C)c1ccc(OC(C)OC2CCC(C(C)(C)C3CCC(OC(C)Oc4ccc(C(C)CC)cc4)CC3)CC2)cc1.CCC(C)c1ccc(OC(C)OCCOc2ccc(C3CCCCC3)cc2)cc1.CCC(C)c1ccccc1. The number of benzene rings is 7. The average Bonchev–Trinajstić information content (AvgIpc) is 0.798. The Morgan fingerprint density at radius 2 is 0.670 bits per heavy atom. The minimum absolute atomic E-state index is 0.0224. The van der Waals surface area contributed by atoms with Gasteiger partial charge in [-0.1, -0.05) is 233 Å². The van der Waals surface area contributed by atoms with Crippen molar-refractivity contribution in [3.8, 4) is 34.5 Å². The predicted octanol–water partition coefficient (Wildman–Crippen LogP) is 29.5. The lowest BCUT2D eigenvalue weighted by atomic mass is 9.60. The molecule has 0 saturated heterocycles. The normalized spacial score (nSPS) is 18.9. The maximum Gasteiger partial charge on any atom is 0.309 e. The third-order valence-corrected chi connectivity index (χ3v) is 24.5. The molecule has 3 aliphatic carbocycles. The highest BCUT2D eigenvalue weighted by Crippen LogP contribution is 2.49. The van der Waals surface area contributed by atoms with Crippen LogP contribution < -0.4 is 18.9 Å². The number of carbonyl (C=O) groups excluding carboxylic acids is 1. The molecule has 0 bridgehead atoms. The van der Waals surface area contributed by atoms with Crippen LogP contribution in [-0.2, 0) is 23.7 Å². The third kappa shape index (κ3) is 36.6. The fourth-order valence-corrected chi connectivity index (χ4v) is 15.1. The lowest BCUT2D eigenvalue weighted by molar-refractivity contribution is -0.159. The molecule has 7 aromatic carbocycles. The van der Waals surface area contributed by atoms with Crippen LogP contribution in [0.4, 0.5) is 0 Å². The van der Waals surface area contributed by atoms with Crippen LogP contribution in [0.25, 0.3) is 0 Å². The Bertz CT molecular complexity index is 3480. The molecular weight excluding hydrogens is 1430 g/mol. The molecule has 2 N–H and O–H groups in total. The van der Waals surface area contributed by atoms with Gasteiger partial charge in [-0.15, -0.1) is 0 Å². The Balaban J connectivity index is 0.000000278. The van der Waals surface area contributed by atoms with Gasteiger partial charge < -0.3 is 48.1 Å². The number of ether oxygens (including phenoxy) is 8. The summed E-state index contributed by atoms with van der Waals surface area (Å²) < 4.78 is 47.5. The number of phenolic OH excluding ortho intramolecular Hbond substituents is 2. The van der Waals surface area contributed by atoms with Crippen LogP contribution in [0.1, 0.15) is 361 Å². The van der Waals surface area contributed by atoms with Gasteiger partial charge in [0.25, 0.3) is 0 Å². The van der Waals surface area contributed by atoms with Crippen molar-refractivity contribution >= 4 is 5.97 Å². The van der Waals surface area contributed by atoms with E-state index in [9.17, 15) is 4.79 Å². The molecule has 115 heavy (non-hydrogen) atoms. The van der Waals surface area contributed by atoms with Crippen LogP contribution in [0.5, 0.6) is 34.5 Å². The highest BCUT2D eigenvalue weighted by Gasteiger charge is 2.41. The van der Waals surface area contributed by atoms with Gasteiger partial charge in [-0.3, -0.25) is 4.79 Å². The van der Waals surface area contributed by atoms with Crippen molar-refractivity contribution in [1.82, 2.24) is 0 Å². The van der Waals surface area contributed by atoms with Gasteiger partial charge in [-0.25, -0.2) is 0 Å². The summed E-state index contributed by atoms with van der Waals surface area (Å²) in [5, 5.41) is 18.0. The van der Waals surface area contributed by atoms with E-state index in [4.69, 9.17) is 48.1 Å². The quantitative estimate of drug-likeness (QED) is 0.0237. The molecule has 0 heterocycles. The summed E-state index contributed by atoms with van der Waals surface area (Å²) in [6, 6.07) is 59.5. The van der Waals surface area contributed by atoms with Crippen molar-refractivity contribution in [2.24, 2.45) is 23.2 Å². The molecule has 7 aromatic rings. The maximum absolute atomic E-state index is 11.2. The van der Waals surface area contributed by atoms with Crippen LogP contribution in [0.2, 0.25) is 0 Å². The topological polar surface area (TPSA) is 131 Å². The Kier molecular flexibility index (Phi) is 44.8. The Hall–Kier alpha value is -7.31. The van der Waals surface area contributed by atoms with Gasteiger partial charge >= 0.3 is 5.97 Å². The molecule has 0 spiro atoms. The second-order valence-corrected chi connectivity index (χ2v) is 34.7. The standard InChI is InChI=1S/C39H60O4.C26H36O3.2C10H14O.C10H14.C9H18O2/c1-9-27(3)31-11-19-35(20-12-31)40-29(5)42-37-23-15-33(16-24-37)39(7,8)34-17-25-38(26-18-34)43-30(6)41-36-21-13-32(14-22-36)28(4)10-2;1-4-20(2)22-10-16-26(17-11-22)29-21(3)27-18-19-28-25-14-12-24(13-15-25)23-8-6-5-7-9-23;2*1-3-8(2)9-4-6-10(11)7-5-9;1-3-9(2)10-7-5-4-6-8-10;1-6-7(2)8(10)11-9(3,4)5/h11-14,19-22,27-30,33-34,37-38H,9-10,15-18,23-26H2,1-8H3;10-17,20-21,23H,4-9,18-19H2,1-3H3;2*4-8,11H,3H2,1-2H3;4-9H,3H2,1-2H3;7H,6H2,1-5H3. The number of esters is 1. The van der Waals surface area contributed by atoms with Crippen molar-refractivity contribution in [3.05, 3.63) is 215 Å². The Labute approximate surface area is 699 Å². The molecule has 10 atom stereocenters. The lowest BCUT2D eigenvalue weighted by Gasteiger charge is -2.47. The molecule has 0 amide bonds. The number of hydrogen-bond acceptors (Lipinski definition) is 11. The number of aromatic hydroxyl groups is 2. The Morgan fingerprint density at radius 3 is 0.991 bits per heavy atom. The molecule has 11 nitrogen and oxygen atoms in total. The number of carbonyl (C=O) groups is 1. The molecule has 0 radical (unpaired) electrons. The van der Waals surface area contributed by atoms with Crippen LogP contribution in [0.15, 0.2) is 176 Å².